The number of anilines is 1. The summed E-state index contributed by atoms with van der Waals surface area (Å²) in [5, 5.41) is 2.86. The highest BCUT2D eigenvalue weighted by atomic mass is 32.2. The highest BCUT2D eigenvalue weighted by molar-refractivity contribution is 8.01. The van der Waals surface area contributed by atoms with E-state index in [0.29, 0.717) is 5.13 Å². The van der Waals surface area contributed by atoms with Crippen molar-refractivity contribution in [2.24, 2.45) is 0 Å². The number of nitrogens with one attached hydrogen (secondary N) is 1. The van der Waals surface area contributed by atoms with E-state index in [9.17, 15) is 9.59 Å². The van der Waals surface area contributed by atoms with Gasteiger partial charge in [-0.1, -0.05) is 41.7 Å². The number of carbonyl (C=O) groups excluding carboxylic acids is 2. The SMILES string of the molecule is Cc1nc(N)sc1SCC(=O)NC(=O)Cc1ccccc1. The molecule has 21 heavy (non-hydrogen) atoms. The molecule has 0 saturated carbocycles. The maximum absolute atomic E-state index is 11.7. The van der Waals surface area contributed by atoms with Gasteiger partial charge in [0.1, 0.15) is 0 Å². The van der Waals surface area contributed by atoms with Crippen LogP contribution in [0.5, 0.6) is 0 Å². The van der Waals surface area contributed by atoms with Gasteiger partial charge in [0.2, 0.25) is 11.8 Å². The average molecular weight is 321 g/mol. The van der Waals surface area contributed by atoms with Gasteiger partial charge >= 0.3 is 0 Å². The van der Waals surface area contributed by atoms with E-state index in [1.807, 2.05) is 37.3 Å². The van der Waals surface area contributed by atoms with E-state index in [1.54, 1.807) is 0 Å². The van der Waals surface area contributed by atoms with Crippen LogP contribution < -0.4 is 11.1 Å². The lowest BCUT2D eigenvalue weighted by atomic mass is 10.1. The minimum Gasteiger partial charge on any atom is -0.375 e. The molecule has 0 unspecified atom stereocenters. The van der Waals surface area contributed by atoms with Crippen molar-refractivity contribution in [3.8, 4) is 0 Å². The van der Waals surface area contributed by atoms with Gasteiger partial charge in [-0.15, -0.1) is 11.8 Å². The third kappa shape index (κ3) is 4.87. The molecule has 0 radical (unpaired) electrons. The molecule has 0 fully saturated rings. The molecule has 110 valence electrons. The van der Waals surface area contributed by atoms with Crippen molar-refractivity contribution < 1.29 is 9.59 Å². The largest absolute Gasteiger partial charge is 0.375 e. The fourth-order valence-corrected chi connectivity index (χ4v) is 3.51. The highest BCUT2D eigenvalue weighted by Crippen LogP contribution is 2.30. The zero-order valence-corrected chi connectivity index (χ0v) is 13.1. The summed E-state index contributed by atoms with van der Waals surface area (Å²) in [5.41, 5.74) is 7.28. The van der Waals surface area contributed by atoms with E-state index in [1.165, 1.54) is 23.1 Å². The second-order valence-electron chi connectivity index (χ2n) is 4.35. The topological polar surface area (TPSA) is 85.1 Å². The zero-order valence-electron chi connectivity index (χ0n) is 11.5. The molecule has 0 bridgehead atoms. The third-order valence-corrected chi connectivity index (χ3v) is 4.94. The number of benzene rings is 1. The van der Waals surface area contributed by atoms with E-state index in [4.69, 9.17) is 5.73 Å². The minimum absolute atomic E-state index is 0.170. The molecule has 0 atom stereocenters. The minimum atomic E-state index is -0.313. The second kappa shape index (κ2) is 7.24. The maximum atomic E-state index is 11.7. The fourth-order valence-electron chi connectivity index (χ4n) is 1.68. The number of thiazole rings is 1. The van der Waals surface area contributed by atoms with E-state index in [2.05, 4.69) is 10.3 Å². The van der Waals surface area contributed by atoms with Gasteiger partial charge in [0, 0.05) is 0 Å². The Morgan fingerprint density at radius 2 is 2.00 bits per heavy atom. The van der Waals surface area contributed by atoms with E-state index in [-0.39, 0.29) is 24.0 Å². The van der Waals surface area contributed by atoms with Crippen LogP contribution in [-0.2, 0) is 16.0 Å². The molecule has 1 heterocycles. The number of imide groups is 1. The number of hydrogen-bond acceptors (Lipinski definition) is 6. The predicted octanol–water partition coefficient (Wildman–Crippen LogP) is 2.01. The summed E-state index contributed by atoms with van der Waals surface area (Å²) < 4.78 is 0.901. The fraction of sp³-hybridized carbons (Fsp3) is 0.214. The maximum Gasteiger partial charge on any atom is 0.236 e. The smallest absolute Gasteiger partial charge is 0.236 e. The van der Waals surface area contributed by atoms with Gasteiger partial charge in [0.05, 0.1) is 22.1 Å². The van der Waals surface area contributed by atoms with Gasteiger partial charge in [0.25, 0.3) is 0 Å². The number of nitrogen functional groups attached to an aromatic ring is 1. The summed E-state index contributed by atoms with van der Waals surface area (Å²) in [6.07, 6.45) is 0.198. The summed E-state index contributed by atoms with van der Waals surface area (Å²) in [4.78, 5) is 27.6. The van der Waals surface area contributed by atoms with Crippen LogP contribution in [0.1, 0.15) is 11.3 Å². The van der Waals surface area contributed by atoms with Crippen molar-refractivity contribution in [3.05, 3.63) is 41.6 Å². The van der Waals surface area contributed by atoms with Gasteiger partial charge in [-0.05, 0) is 12.5 Å². The van der Waals surface area contributed by atoms with Crippen LogP contribution in [0.3, 0.4) is 0 Å². The first-order chi connectivity index (χ1) is 10.0. The molecular weight excluding hydrogens is 306 g/mol. The Hall–Kier alpha value is -1.86. The first kappa shape index (κ1) is 15.5. The van der Waals surface area contributed by atoms with Gasteiger partial charge in [-0.3, -0.25) is 14.9 Å². The van der Waals surface area contributed by atoms with E-state index >= 15 is 0 Å². The molecule has 0 saturated heterocycles. The van der Waals surface area contributed by atoms with Crippen LogP contribution in [0.4, 0.5) is 5.13 Å². The number of hydrogen-bond donors (Lipinski definition) is 2. The lowest BCUT2D eigenvalue weighted by Gasteiger charge is -2.04. The Morgan fingerprint density at radius 1 is 1.29 bits per heavy atom. The summed E-state index contributed by atoms with van der Waals surface area (Å²) in [6.45, 7) is 1.84. The molecule has 0 aliphatic heterocycles. The summed E-state index contributed by atoms with van der Waals surface area (Å²) in [5.74, 6) is -0.442. The number of aryl methyl sites for hydroxylation is 1. The molecule has 2 aromatic rings. The quantitative estimate of drug-likeness (QED) is 0.823. The Kier molecular flexibility index (Phi) is 5.35. The Bertz CT molecular complexity index is 641. The van der Waals surface area contributed by atoms with Crippen LogP contribution in [-0.4, -0.2) is 22.6 Å². The number of thioether (sulfide) groups is 1. The summed E-state index contributed by atoms with van der Waals surface area (Å²) in [7, 11) is 0. The molecule has 0 aliphatic rings. The van der Waals surface area contributed by atoms with E-state index in [0.717, 1.165) is 15.5 Å². The Morgan fingerprint density at radius 3 is 2.62 bits per heavy atom. The van der Waals surface area contributed by atoms with Gasteiger partial charge in [0.15, 0.2) is 5.13 Å². The molecular formula is C14H15N3O2S2. The third-order valence-electron chi connectivity index (χ3n) is 2.59. The van der Waals surface area contributed by atoms with Crippen molar-refractivity contribution in [2.45, 2.75) is 17.6 Å². The molecule has 3 N–H and O–H groups in total. The molecule has 2 amide bonds. The number of nitrogens with two attached hydrogens (primary N) is 1. The van der Waals surface area contributed by atoms with Crippen LogP contribution >= 0.6 is 23.1 Å². The number of aromatic nitrogens is 1. The molecule has 5 nitrogen and oxygen atoms in total. The van der Waals surface area contributed by atoms with Crippen LogP contribution in [0.15, 0.2) is 34.5 Å². The second-order valence-corrected chi connectivity index (χ2v) is 6.62. The highest BCUT2D eigenvalue weighted by Gasteiger charge is 2.12. The Labute approximate surface area is 131 Å². The van der Waals surface area contributed by atoms with Crippen molar-refractivity contribution in [1.82, 2.24) is 10.3 Å². The van der Waals surface area contributed by atoms with E-state index < -0.39 is 0 Å². The molecule has 0 spiro atoms. The normalized spacial score (nSPS) is 10.3. The predicted molar refractivity (Wildman–Crippen MR) is 85.3 cm³/mol. The van der Waals surface area contributed by atoms with Crippen molar-refractivity contribution in [2.75, 3.05) is 11.5 Å². The number of amides is 2. The molecule has 7 heteroatoms. The molecule has 0 aliphatic carbocycles. The summed E-state index contributed by atoms with van der Waals surface area (Å²) in [6, 6.07) is 9.30. The van der Waals surface area contributed by atoms with Crippen molar-refractivity contribution >= 4 is 40.0 Å². The lowest BCUT2D eigenvalue weighted by Crippen LogP contribution is -2.32. The molecule has 1 aromatic carbocycles. The Balaban J connectivity index is 1.79. The van der Waals surface area contributed by atoms with Gasteiger partial charge in [-0.2, -0.15) is 0 Å². The average Bonchev–Trinajstić information content (AvgIpc) is 2.75. The van der Waals surface area contributed by atoms with Crippen LogP contribution in [0.25, 0.3) is 0 Å². The van der Waals surface area contributed by atoms with Crippen LogP contribution in [0.2, 0.25) is 0 Å². The van der Waals surface area contributed by atoms with Gasteiger partial charge < -0.3 is 5.73 Å². The standard InChI is InChI=1S/C14H15N3O2S2/c1-9-13(21-14(15)16-9)20-8-12(19)17-11(18)7-10-5-3-2-4-6-10/h2-6H,7-8H2,1H3,(H2,15,16)(H,17,18,19). The molecule has 1 aromatic heterocycles. The number of rotatable bonds is 5. The lowest BCUT2D eigenvalue weighted by molar-refractivity contribution is -0.128. The number of carbonyl (C=O) groups is 2. The van der Waals surface area contributed by atoms with Crippen LogP contribution in [0, 0.1) is 6.92 Å². The number of nitrogens with zero attached hydrogens (tertiary/aromatic N) is 1. The van der Waals surface area contributed by atoms with Gasteiger partial charge in [-0.25, -0.2) is 4.98 Å². The monoisotopic (exact) mass is 321 g/mol. The molecule has 2 rings (SSSR count). The zero-order chi connectivity index (χ0) is 15.2. The van der Waals surface area contributed by atoms with Crippen molar-refractivity contribution in [3.63, 3.8) is 0 Å². The van der Waals surface area contributed by atoms with Crippen molar-refractivity contribution in [1.29, 1.82) is 0 Å². The first-order valence-electron chi connectivity index (χ1n) is 6.27. The summed E-state index contributed by atoms with van der Waals surface area (Å²) >= 11 is 2.68. The first-order valence-corrected chi connectivity index (χ1v) is 8.07.